The SMILES string of the molecule is CCOc1cc(CNCCc2c[nH]c3ccccc23)ccc1Oc1nnnn1-c1ccccc1. The number of hydrogen-bond acceptors (Lipinski definition) is 6. The summed E-state index contributed by atoms with van der Waals surface area (Å²) in [4.78, 5) is 3.33. The standard InChI is InChI=1S/C26H26N6O2/c1-2-33-25-16-19(17-27-15-14-20-18-28-23-11-7-6-10-22(20)23)12-13-24(25)34-26-29-30-31-32(26)21-8-4-3-5-9-21/h3-13,16,18,27-28H,2,14-15,17H2,1H3. The van der Waals surface area contributed by atoms with Crippen molar-refractivity contribution in [2.75, 3.05) is 13.2 Å². The number of fused-ring (bicyclic) bond motifs is 1. The van der Waals surface area contributed by atoms with Crippen LogP contribution in [0.4, 0.5) is 0 Å². The Labute approximate surface area is 197 Å². The number of hydrogen-bond donors (Lipinski definition) is 2. The van der Waals surface area contributed by atoms with Gasteiger partial charge in [0.15, 0.2) is 11.5 Å². The molecule has 8 nitrogen and oxygen atoms in total. The first-order valence-corrected chi connectivity index (χ1v) is 11.3. The van der Waals surface area contributed by atoms with E-state index in [1.807, 2.05) is 61.5 Å². The van der Waals surface area contributed by atoms with Gasteiger partial charge in [0.25, 0.3) is 0 Å². The zero-order valence-corrected chi connectivity index (χ0v) is 18.9. The first-order valence-electron chi connectivity index (χ1n) is 11.3. The molecule has 0 aliphatic carbocycles. The zero-order valence-electron chi connectivity index (χ0n) is 18.9. The van der Waals surface area contributed by atoms with E-state index in [0.717, 1.165) is 30.8 Å². The van der Waals surface area contributed by atoms with Gasteiger partial charge in [-0.05, 0) is 71.8 Å². The van der Waals surface area contributed by atoms with E-state index in [4.69, 9.17) is 9.47 Å². The highest BCUT2D eigenvalue weighted by atomic mass is 16.5. The number of nitrogens with one attached hydrogen (secondary N) is 2. The zero-order chi connectivity index (χ0) is 23.2. The number of para-hydroxylation sites is 2. The maximum atomic E-state index is 6.04. The molecule has 0 bridgehead atoms. The van der Waals surface area contributed by atoms with Crippen LogP contribution in [0.2, 0.25) is 0 Å². The molecule has 0 fully saturated rings. The number of aromatic amines is 1. The second-order valence-corrected chi connectivity index (χ2v) is 7.81. The van der Waals surface area contributed by atoms with Crippen molar-refractivity contribution in [3.8, 4) is 23.2 Å². The van der Waals surface area contributed by atoms with Crippen molar-refractivity contribution in [1.29, 1.82) is 0 Å². The summed E-state index contributed by atoms with van der Waals surface area (Å²) in [5.41, 5.74) is 4.42. The van der Waals surface area contributed by atoms with Crippen LogP contribution < -0.4 is 14.8 Å². The van der Waals surface area contributed by atoms with Crippen molar-refractivity contribution in [3.05, 3.63) is 90.1 Å². The van der Waals surface area contributed by atoms with Crippen LogP contribution in [0.3, 0.4) is 0 Å². The van der Waals surface area contributed by atoms with Crippen LogP contribution in [-0.2, 0) is 13.0 Å². The predicted octanol–water partition coefficient (Wildman–Crippen LogP) is 4.67. The summed E-state index contributed by atoms with van der Waals surface area (Å²) in [6.45, 7) is 4.07. The Hall–Kier alpha value is -4.17. The van der Waals surface area contributed by atoms with Crippen molar-refractivity contribution < 1.29 is 9.47 Å². The number of aromatic nitrogens is 5. The van der Waals surface area contributed by atoms with Gasteiger partial charge >= 0.3 is 6.01 Å². The lowest BCUT2D eigenvalue weighted by Crippen LogP contribution is -2.16. The van der Waals surface area contributed by atoms with E-state index in [-0.39, 0.29) is 6.01 Å². The Morgan fingerprint density at radius 1 is 0.971 bits per heavy atom. The van der Waals surface area contributed by atoms with Crippen LogP contribution in [-0.4, -0.2) is 38.3 Å². The van der Waals surface area contributed by atoms with Crippen molar-refractivity contribution in [1.82, 2.24) is 30.5 Å². The third-order valence-corrected chi connectivity index (χ3v) is 5.53. The maximum Gasteiger partial charge on any atom is 0.346 e. The second kappa shape index (κ2) is 10.2. The molecule has 0 atom stereocenters. The Morgan fingerprint density at radius 2 is 1.82 bits per heavy atom. The number of ether oxygens (including phenoxy) is 2. The van der Waals surface area contributed by atoms with Gasteiger partial charge < -0.3 is 19.8 Å². The van der Waals surface area contributed by atoms with Gasteiger partial charge in [-0.1, -0.05) is 47.6 Å². The molecule has 5 rings (SSSR count). The molecule has 0 aliphatic heterocycles. The fourth-order valence-electron chi connectivity index (χ4n) is 3.88. The van der Waals surface area contributed by atoms with E-state index in [2.05, 4.69) is 50.2 Å². The molecular formula is C26H26N6O2. The van der Waals surface area contributed by atoms with Gasteiger partial charge in [0.2, 0.25) is 0 Å². The average Bonchev–Trinajstić information content (AvgIpc) is 3.51. The Bertz CT molecular complexity index is 1360. The van der Waals surface area contributed by atoms with Gasteiger partial charge in [-0.2, -0.15) is 4.68 Å². The second-order valence-electron chi connectivity index (χ2n) is 7.81. The summed E-state index contributed by atoms with van der Waals surface area (Å²) in [5, 5.41) is 16.6. The maximum absolute atomic E-state index is 6.04. The van der Waals surface area contributed by atoms with E-state index in [1.165, 1.54) is 16.5 Å². The molecule has 34 heavy (non-hydrogen) atoms. The molecular weight excluding hydrogens is 428 g/mol. The molecule has 3 aromatic carbocycles. The van der Waals surface area contributed by atoms with Crippen LogP contribution in [0.1, 0.15) is 18.1 Å². The lowest BCUT2D eigenvalue weighted by Gasteiger charge is -2.13. The fraction of sp³-hybridized carbons (Fsp3) is 0.192. The Morgan fingerprint density at radius 3 is 2.71 bits per heavy atom. The van der Waals surface area contributed by atoms with Gasteiger partial charge in [0.1, 0.15) is 0 Å². The van der Waals surface area contributed by atoms with E-state index in [9.17, 15) is 0 Å². The Balaban J connectivity index is 1.24. The predicted molar refractivity (Wildman–Crippen MR) is 131 cm³/mol. The monoisotopic (exact) mass is 454 g/mol. The fourth-order valence-corrected chi connectivity index (χ4v) is 3.88. The lowest BCUT2D eigenvalue weighted by atomic mass is 10.1. The molecule has 0 aliphatic rings. The average molecular weight is 455 g/mol. The number of rotatable bonds is 10. The van der Waals surface area contributed by atoms with E-state index < -0.39 is 0 Å². The summed E-state index contributed by atoms with van der Waals surface area (Å²) >= 11 is 0. The minimum absolute atomic E-state index is 0.275. The van der Waals surface area contributed by atoms with Crippen molar-refractivity contribution in [2.24, 2.45) is 0 Å². The third-order valence-electron chi connectivity index (χ3n) is 5.53. The van der Waals surface area contributed by atoms with Crippen LogP contribution >= 0.6 is 0 Å². The Kier molecular flexibility index (Phi) is 6.49. The van der Waals surface area contributed by atoms with Gasteiger partial charge in [-0.15, -0.1) is 0 Å². The molecule has 0 amide bonds. The van der Waals surface area contributed by atoms with Gasteiger partial charge in [0, 0.05) is 23.6 Å². The largest absolute Gasteiger partial charge is 0.490 e. The summed E-state index contributed by atoms with van der Waals surface area (Å²) < 4.78 is 13.4. The van der Waals surface area contributed by atoms with Gasteiger partial charge in [-0.3, -0.25) is 0 Å². The highest BCUT2D eigenvalue weighted by Gasteiger charge is 2.14. The quantitative estimate of drug-likeness (QED) is 0.298. The molecule has 5 aromatic rings. The molecule has 0 spiro atoms. The van der Waals surface area contributed by atoms with Gasteiger partial charge in [-0.25, -0.2) is 0 Å². The van der Waals surface area contributed by atoms with E-state index in [0.29, 0.717) is 18.1 Å². The van der Waals surface area contributed by atoms with Crippen molar-refractivity contribution in [3.63, 3.8) is 0 Å². The minimum atomic E-state index is 0.275. The smallest absolute Gasteiger partial charge is 0.346 e. The lowest BCUT2D eigenvalue weighted by molar-refractivity contribution is 0.315. The van der Waals surface area contributed by atoms with Crippen LogP contribution in [0.25, 0.3) is 16.6 Å². The number of H-pyrrole nitrogens is 1. The summed E-state index contributed by atoms with van der Waals surface area (Å²) in [6, 6.07) is 24.2. The van der Waals surface area contributed by atoms with E-state index >= 15 is 0 Å². The molecule has 2 aromatic heterocycles. The van der Waals surface area contributed by atoms with Crippen molar-refractivity contribution >= 4 is 10.9 Å². The van der Waals surface area contributed by atoms with E-state index in [1.54, 1.807) is 4.68 Å². The third kappa shape index (κ3) is 4.77. The molecule has 0 saturated carbocycles. The summed E-state index contributed by atoms with van der Waals surface area (Å²) in [6.07, 6.45) is 3.04. The highest BCUT2D eigenvalue weighted by Crippen LogP contribution is 2.32. The number of nitrogens with zero attached hydrogens (tertiary/aromatic N) is 4. The van der Waals surface area contributed by atoms with Crippen LogP contribution in [0, 0.1) is 0 Å². The first-order chi connectivity index (χ1) is 16.8. The summed E-state index contributed by atoms with van der Waals surface area (Å²) in [7, 11) is 0. The molecule has 0 saturated heterocycles. The number of benzene rings is 3. The van der Waals surface area contributed by atoms with Crippen molar-refractivity contribution in [2.45, 2.75) is 19.9 Å². The molecule has 172 valence electrons. The molecule has 8 heteroatoms. The topological polar surface area (TPSA) is 89.9 Å². The minimum Gasteiger partial charge on any atom is -0.490 e. The van der Waals surface area contributed by atoms with Crippen LogP contribution in [0.15, 0.2) is 79.0 Å². The molecule has 0 unspecified atom stereocenters. The first kappa shape index (κ1) is 21.7. The van der Waals surface area contributed by atoms with Crippen LogP contribution in [0.5, 0.6) is 17.5 Å². The normalized spacial score (nSPS) is 11.1. The van der Waals surface area contributed by atoms with Gasteiger partial charge in [0.05, 0.1) is 12.3 Å². The molecule has 2 heterocycles. The molecule has 2 N–H and O–H groups in total. The summed E-state index contributed by atoms with van der Waals surface area (Å²) in [5.74, 6) is 1.22. The molecule has 0 radical (unpaired) electrons. The highest BCUT2D eigenvalue weighted by molar-refractivity contribution is 5.83. The number of tetrazole rings is 1.